The van der Waals surface area contributed by atoms with Crippen LogP contribution in [0.25, 0.3) is 11.4 Å². The van der Waals surface area contributed by atoms with E-state index in [0.29, 0.717) is 35.1 Å². The maximum absolute atomic E-state index is 13.6. The molecular formula is C22H25FN6O3. The fraction of sp³-hybridized carbons (Fsp3) is 0.409. The van der Waals surface area contributed by atoms with Gasteiger partial charge in [0, 0.05) is 17.8 Å². The van der Waals surface area contributed by atoms with Crippen LogP contribution in [-0.4, -0.2) is 49.4 Å². The maximum Gasteiger partial charge on any atom is 0.270 e. The molecule has 10 heteroatoms. The van der Waals surface area contributed by atoms with Crippen molar-refractivity contribution in [1.82, 2.24) is 30.5 Å². The van der Waals surface area contributed by atoms with Crippen LogP contribution in [0, 0.1) is 18.7 Å². The highest BCUT2D eigenvalue weighted by molar-refractivity contribution is 5.93. The maximum atomic E-state index is 13.6. The summed E-state index contributed by atoms with van der Waals surface area (Å²) >= 11 is 0. The van der Waals surface area contributed by atoms with Gasteiger partial charge in [-0.2, -0.15) is 4.80 Å². The Morgan fingerprint density at radius 2 is 2.16 bits per heavy atom. The van der Waals surface area contributed by atoms with E-state index in [9.17, 15) is 14.3 Å². The van der Waals surface area contributed by atoms with Crippen molar-refractivity contribution in [2.24, 2.45) is 5.92 Å². The van der Waals surface area contributed by atoms with Gasteiger partial charge in [0.25, 0.3) is 5.91 Å². The lowest BCUT2D eigenvalue weighted by Crippen LogP contribution is -2.24. The number of hydrogen-bond acceptors (Lipinski definition) is 7. The summed E-state index contributed by atoms with van der Waals surface area (Å²) < 4.78 is 18.5. The summed E-state index contributed by atoms with van der Waals surface area (Å²) in [6.45, 7) is 2.58. The van der Waals surface area contributed by atoms with Crippen LogP contribution in [0.4, 0.5) is 4.39 Å². The number of rotatable bonds is 7. The van der Waals surface area contributed by atoms with Gasteiger partial charge in [-0.3, -0.25) is 4.79 Å². The standard InChI is InChI=1S/C22H25FN6O3/c1-13-7-16(21-26-28-29(27-21)12-15-3-5-17(30)8-15)10-19(25-13)22(31)24-11-14-4-6-18(23)20(9-14)32-2/h4,6-7,9-10,15,17,30H,3,5,8,11-12H2,1-2H3,(H,24,31)/t15-,17-/m1/s1. The van der Waals surface area contributed by atoms with Gasteiger partial charge in [-0.15, -0.1) is 10.2 Å². The Morgan fingerprint density at radius 3 is 2.91 bits per heavy atom. The van der Waals surface area contributed by atoms with Crippen molar-refractivity contribution in [2.75, 3.05) is 7.11 Å². The number of aromatic nitrogens is 5. The van der Waals surface area contributed by atoms with E-state index in [1.54, 1.807) is 25.1 Å². The van der Waals surface area contributed by atoms with Gasteiger partial charge in [0.05, 0.1) is 19.8 Å². The summed E-state index contributed by atoms with van der Waals surface area (Å²) in [5, 5.41) is 25.2. The number of nitrogens with zero attached hydrogens (tertiary/aromatic N) is 5. The zero-order valence-electron chi connectivity index (χ0n) is 18.0. The second kappa shape index (κ2) is 9.39. The molecule has 0 bridgehead atoms. The average Bonchev–Trinajstić information content (AvgIpc) is 3.41. The van der Waals surface area contributed by atoms with E-state index in [-0.39, 0.29) is 30.0 Å². The Kier molecular flexibility index (Phi) is 6.40. The van der Waals surface area contributed by atoms with Gasteiger partial charge >= 0.3 is 0 Å². The number of pyridine rings is 1. The second-order valence-corrected chi connectivity index (χ2v) is 8.03. The lowest BCUT2D eigenvalue weighted by atomic mass is 10.1. The van der Waals surface area contributed by atoms with E-state index in [1.165, 1.54) is 24.0 Å². The van der Waals surface area contributed by atoms with E-state index in [4.69, 9.17) is 4.74 Å². The predicted octanol–water partition coefficient (Wildman–Crippen LogP) is 2.28. The third-order valence-electron chi connectivity index (χ3n) is 5.50. The van der Waals surface area contributed by atoms with Gasteiger partial charge in [-0.05, 0) is 67.1 Å². The smallest absolute Gasteiger partial charge is 0.270 e. The lowest BCUT2D eigenvalue weighted by molar-refractivity contribution is 0.0945. The molecule has 168 valence electrons. The highest BCUT2D eigenvalue weighted by Crippen LogP contribution is 2.26. The molecule has 2 N–H and O–H groups in total. The number of carbonyl (C=O) groups is 1. The van der Waals surface area contributed by atoms with Gasteiger partial charge in [-0.1, -0.05) is 6.07 Å². The molecular weight excluding hydrogens is 415 g/mol. The molecule has 4 rings (SSSR count). The summed E-state index contributed by atoms with van der Waals surface area (Å²) in [5.74, 6) is 0.0285. The lowest BCUT2D eigenvalue weighted by Gasteiger charge is -2.09. The summed E-state index contributed by atoms with van der Waals surface area (Å²) in [4.78, 5) is 18.5. The van der Waals surface area contributed by atoms with Crippen molar-refractivity contribution in [3.8, 4) is 17.1 Å². The third kappa shape index (κ3) is 5.08. The molecule has 1 amide bonds. The van der Waals surface area contributed by atoms with E-state index >= 15 is 0 Å². The monoisotopic (exact) mass is 440 g/mol. The second-order valence-electron chi connectivity index (χ2n) is 8.03. The molecule has 0 unspecified atom stereocenters. The first-order chi connectivity index (χ1) is 15.4. The van der Waals surface area contributed by atoms with Gasteiger partial charge in [0.1, 0.15) is 5.69 Å². The Morgan fingerprint density at radius 1 is 1.31 bits per heavy atom. The van der Waals surface area contributed by atoms with E-state index in [0.717, 1.165) is 19.3 Å². The Labute approximate surface area is 184 Å². The number of aliphatic hydroxyl groups is 1. The molecule has 1 saturated carbocycles. The van der Waals surface area contributed by atoms with Crippen LogP contribution in [0.3, 0.4) is 0 Å². The molecule has 0 saturated heterocycles. The molecule has 1 aliphatic carbocycles. The predicted molar refractivity (Wildman–Crippen MR) is 113 cm³/mol. The van der Waals surface area contributed by atoms with Crippen molar-refractivity contribution in [2.45, 2.75) is 45.4 Å². The van der Waals surface area contributed by atoms with Crippen LogP contribution >= 0.6 is 0 Å². The summed E-state index contributed by atoms with van der Waals surface area (Å²) in [6, 6.07) is 7.83. The topological polar surface area (TPSA) is 115 Å². The minimum Gasteiger partial charge on any atom is -0.494 e. The SMILES string of the molecule is COc1cc(CNC(=O)c2cc(-c3nnn(C[C@@H]4CC[C@@H](O)C4)n3)cc(C)n2)ccc1F. The first kappa shape index (κ1) is 21.8. The molecule has 1 aliphatic rings. The van der Waals surface area contributed by atoms with Crippen molar-refractivity contribution >= 4 is 5.91 Å². The van der Waals surface area contributed by atoms with Crippen molar-refractivity contribution < 1.29 is 19.0 Å². The van der Waals surface area contributed by atoms with Crippen LogP contribution in [0.15, 0.2) is 30.3 Å². The zero-order valence-corrected chi connectivity index (χ0v) is 18.0. The molecule has 0 radical (unpaired) electrons. The molecule has 1 aromatic carbocycles. The summed E-state index contributed by atoms with van der Waals surface area (Å²) in [7, 11) is 1.39. The Hall–Kier alpha value is -3.40. The molecule has 1 fully saturated rings. The number of carbonyl (C=O) groups excluding carboxylic acids is 1. The van der Waals surface area contributed by atoms with Crippen molar-refractivity contribution in [3.63, 3.8) is 0 Å². The highest BCUT2D eigenvalue weighted by atomic mass is 19.1. The molecule has 0 aliphatic heterocycles. The number of amides is 1. The number of hydrogen-bond donors (Lipinski definition) is 2. The molecule has 2 heterocycles. The van der Waals surface area contributed by atoms with Gasteiger partial charge in [0.15, 0.2) is 11.6 Å². The van der Waals surface area contributed by atoms with E-state index in [2.05, 4.69) is 25.7 Å². The summed E-state index contributed by atoms with van der Waals surface area (Å²) in [6.07, 6.45) is 2.24. The first-order valence-electron chi connectivity index (χ1n) is 10.5. The number of ether oxygens (including phenoxy) is 1. The molecule has 0 spiro atoms. The van der Waals surface area contributed by atoms with Crippen LogP contribution in [0.2, 0.25) is 0 Å². The van der Waals surface area contributed by atoms with E-state index < -0.39 is 5.82 Å². The average molecular weight is 440 g/mol. The summed E-state index contributed by atoms with van der Waals surface area (Å²) in [5.41, 5.74) is 2.21. The van der Waals surface area contributed by atoms with Gasteiger partial charge in [0.2, 0.25) is 5.82 Å². The van der Waals surface area contributed by atoms with Crippen molar-refractivity contribution in [1.29, 1.82) is 0 Å². The normalized spacial score (nSPS) is 18.0. The number of nitrogens with one attached hydrogen (secondary N) is 1. The van der Waals surface area contributed by atoms with Crippen LogP contribution in [0.5, 0.6) is 5.75 Å². The fourth-order valence-corrected chi connectivity index (χ4v) is 3.88. The van der Waals surface area contributed by atoms with Crippen LogP contribution in [0.1, 0.15) is 41.0 Å². The third-order valence-corrected chi connectivity index (χ3v) is 5.50. The van der Waals surface area contributed by atoms with E-state index in [1.807, 2.05) is 0 Å². The molecule has 3 aromatic rings. The van der Waals surface area contributed by atoms with Crippen LogP contribution in [-0.2, 0) is 13.1 Å². The number of methoxy groups -OCH3 is 1. The molecule has 2 aromatic heterocycles. The number of aryl methyl sites for hydroxylation is 1. The Bertz CT molecular complexity index is 1120. The highest BCUT2D eigenvalue weighted by Gasteiger charge is 2.24. The minimum absolute atomic E-state index is 0.119. The number of aliphatic hydroxyl groups excluding tert-OH is 1. The van der Waals surface area contributed by atoms with Gasteiger partial charge < -0.3 is 15.2 Å². The quantitative estimate of drug-likeness (QED) is 0.579. The first-order valence-corrected chi connectivity index (χ1v) is 10.5. The fourth-order valence-electron chi connectivity index (χ4n) is 3.88. The van der Waals surface area contributed by atoms with Crippen LogP contribution < -0.4 is 10.1 Å². The molecule has 2 atom stereocenters. The minimum atomic E-state index is -0.461. The Balaban J connectivity index is 1.45. The number of tetrazole rings is 1. The van der Waals surface area contributed by atoms with Crippen molar-refractivity contribution in [3.05, 3.63) is 53.1 Å². The number of benzene rings is 1. The zero-order chi connectivity index (χ0) is 22.7. The molecule has 9 nitrogen and oxygen atoms in total. The number of halogens is 1. The van der Waals surface area contributed by atoms with Gasteiger partial charge in [-0.25, -0.2) is 9.37 Å². The molecule has 32 heavy (non-hydrogen) atoms. The largest absolute Gasteiger partial charge is 0.494 e.